The first kappa shape index (κ1) is 49.8. The van der Waals surface area contributed by atoms with Crippen molar-refractivity contribution in [1.29, 1.82) is 0 Å². The van der Waals surface area contributed by atoms with Crippen molar-refractivity contribution in [3.63, 3.8) is 0 Å². The van der Waals surface area contributed by atoms with Gasteiger partial charge in [-0.3, -0.25) is 0 Å². The van der Waals surface area contributed by atoms with Crippen LogP contribution in [-0.2, 0) is 20.6 Å². The standard InChI is InChI=1S/C31H31F19N2O5/c1-2-3-4-5-6-7-9-18-14-19(22-51-12-8-13-52-22)10-11-21(18)55-16-20(53)15-54-17-23(32,33)24(34,35)28(43,44)56-30(47,48)31(49,50)57-29(45,46)26(38,39)25(36,37)27(40,41)42/h8,10-14,20,53H,2-7,9,15-17H2,1H3. The molecule has 1 unspecified atom stereocenters. The number of hydrogen-bond donors (Lipinski definition) is 1. The first-order valence-electron chi connectivity index (χ1n) is 16.1. The van der Waals surface area contributed by atoms with E-state index in [0.29, 0.717) is 29.8 Å². The maximum absolute atomic E-state index is 14.2. The van der Waals surface area contributed by atoms with E-state index in [4.69, 9.17) is 4.74 Å². The van der Waals surface area contributed by atoms with E-state index < -0.39 is 80.2 Å². The molecule has 0 aliphatic carbocycles. The monoisotopic (exact) mass is 872 g/mol. The average Bonchev–Trinajstić information content (AvgIpc) is 3.07. The van der Waals surface area contributed by atoms with Crippen molar-refractivity contribution in [3.8, 4) is 17.1 Å². The van der Waals surface area contributed by atoms with E-state index in [1.165, 1.54) is 29.3 Å². The molecule has 57 heavy (non-hydrogen) atoms. The third-order valence-corrected chi connectivity index (χ3v) is 7.50. The van der Waals surface area contributed by atoms with Gasteiger partial charge in [0.2, 0.25) is 0 Å². The fourth-order valence-corrected chi connectivity index (χ4v) is 4.39. The fraction of sp³-hybridized carbons (Fsp3) is 0.677. The Hall–Kier alpha value is -3.39. The quantitative estimate of drug-likeness (QED) is 0.0831. The normalized spacial score (nSPS) is 14.9. The summed E-state index contributed by atoms with van der Waals surface area (Å²) in [5.74, 6) is -29.7. The molecule has 0 amide bonds. The third-order valence-electron chi connectivity index (χ3n) is 7.50. The molecule has 1 aromatic carbocycles. The van der Waals surface area contributed by atoms with Crippen LogP contribution in [0.25, 0.3) is 11.4 Å². The Labute approximate surface area is 309 Å². The van der Waals surface area contributed by atoms with E-state index in [2.05, 4.69) is 14.7 Å². The van der Waals surface area contributed by atoms with Crippen molar-refractivity contribution >= 4 is 0 Å². The van der Waals surface area contributed by atoms with Crippen LogP contribution in [0.15, 0.2) is 36.7 Å². The van der Waals surface area contributed by atoms with Crippen molar-refractivity contribution in [1.82, 2.24) is 9.97 Å². The van der Waals surface area contributed by atoms with Crippen molar-refractivity contribution in [2.75, 3.05) is 19.8 Å². The molecule has 0 saturated carbocycles. The van der Waals surface area contributed by atoms with Crippen LogP contribution in [0.1, 0.15) is 51.0 Å². The van der Waals surface area contributed by atoms with Gasteiger partial charge in [0.1, 0.15) is 25.1 Å². The number of alkyl halides is 19. The first-order chi connectivity index (χ1) is 25.8. The summed E-state index contributed by atoms with van der Waals surface area (Å²) in [5.41, 5.74) is 1.08. The van der Waals surface area contributed by atoms with Gasteiger partial charge in [-0.15, -0.1) is 0 Å². The second kappa shape index (κ2) is 18.3. The molecular weight excluding hydrogens is 841 g/mol. The van der Waals surface area contributed by atoms with Gasteiger partial charge in [-0.05, 0) is 42.7 Å². The van der Waals surface area contributed by atoms with E-state index in [9.17, 15) is 88.5 Å². The first-order valence-corrected chi connectivity index (χ1v) is 16.1. The molecule has 328 valence electrons. The second-order valence-corrected chi connectivity index (χ2v) is 12.1. The molecule has 1 aromatic heterocycles. The van der Waals surface area contributed by atoms with Crippen LogP contribution in [0.5, 0.6) is 5.75 Å². The number of aryl methyl sites for hydroxylation is 1. The Morgan fingerprint density at radius 2 is 1.12 bits per heavy atom. The van der Waals surface area contributed by atoms with Gasteiger partial charge in [-0.2, -0.15) is 83.4 Å². The Kier molecular flexibility index (Phi) is 15.9. The van der Waals surface area contributed by atoms with Crippen molar-refractivity contribution in [2.45, 2.75) is 112 Å². The maximum Gasteiger partial charge on any atom is 0.460 e. The number of nitrogens with zero attached hydrogens (tertiary/aromatic N) is 2. The Morgan fingerprint density at radius 3 is 1.65 bits per heavy atom. The zero-order valence-electron chi connectivity index (χ0n) is 28.8. The summed E-state index contributed by atoms with van der Waals surface area (Å²) in [6.07, 6.45) is -32.6. The highest BCUT2D eigenvalue weighted by atomic mass is 19.4. The van der Waals surface area contributed by atoms with Gasteiger partial charge in [-0.25, -0.2) is 19.4 Å². The van der Waals surface area contributed by atoms with Crippen LogP contribution in [0, 0.1) is 0 Å². The summed E-state index contributed by atoms with van der Waals surface area (Å²) in [6, 6.07) is 6.11. The molecule has 0 bridgehead atoms. The number of aromatic nitrogens is 2. The van der Waals surface area contributed by atoms with E-state index in [0.717, 1.165) is 32.1 Å². The molecule has 1 atom stereocenters. The molecule has 0 aliphatic heterocycles. The van der Waals surface area contributed by atoms with Gasteiger partial charge >= 0.3 is 54.3 Å². The molecule has 0 saturated heterocycles. The van der Waals surface area contributed by atoms with Gasteiger partial charge in [0.15, 0.2) is 5.82 Å². The lowest BCUT2D eigenvalue weighted by molar-refractivity contribution is -0.555. The Balaban J connectivity index is 2.11. The molecule has 1 N–H and O–H groups in total. The summed E-state index contributed by atoms with van der Waals surface area (Å²) in [5, 5.41) is 10.1. The molecular formula is C31H31F19N2O5. The van der Waals surface area contributed by atoms with Crippen molar-refractivity contribution < 1.29 is 107 Å². The van der Waals surface area contributed by atoms with Crippen LogP contribution in [0.2, 0.25) is 0 Å². The highest BCUT2D eigenvalue weighted by molar-refractivity contribution is 5.58. The number of ether oxygens (including phenoxy) is 4. The number of halogens is 19. The molecule has 7 nitrogen and oxygen atoms in total. The van der Waals surface area contributed by atoms with Crippen molar-refractivity contribution in [3.05, 3.63) is 42.2 Å². The van der Waals surface area contributed by atoms with Gasteiger partial charge in [0.25, 0.3) is 0 Å². The third kappa shape index (κ3) is 11.6. The number of hydrogen-bond acceptors (Lipinski definition) is 7. The minimum atomic E-state index is -8.22. The molecule has 2 rings (SSSR count). The van der Waals surface area contributed by atoms with E-state index in [-0.39, 0.29) is 5.75 Å². The van der Waals surface area contributed by atoms with Gasteiger partial charge in [0.05, 0.1) is 6.61 Å². The lowest BCUT2D eigenvalue weighted by Crippen LogP contribution is -2.65. The average molecular weight is 873 g/mol. The summed E-state index contributed by atoms with van der Waals surface area (Å²) >= 11 is 0. The highest BCUT2D eigenvalue weighted by Crippen LogP contribution is 2.57. The Morgan fingerprint density at radius 1 is 0.614 bits per heavy atom. The van der Waals surface area contributed by atoms with Gasteiger partial charge < -0.3 is 14.6 Å². The molecule has 0 spiro atoms. The van der Waals surface area contributed by atoms with Crippen LogP contribution < -0.4 is 4.74 Å². The fourth-order valence-electron chi connectivity index (χ4n) is 4.39. The van der Waals surface area contributed by atoms with Crippen LogP contribution >= 0.6 is 0 Å². The van der Waals surface area contributed by atoms with E-state index in [1.807, 2.05) is 6.92 Å². The Bertz CT molecular complexity index is 1560. The SMILES string of the molecule is CCCCCCCCc1cc(-c2ncccn2)ccc1OCC(O)COCC(F)(F)C(F)(F)C(F)(F)OC(F)(F)C(F)(F)OC(F)(F)C(F)(F)C(F)(F)C(F)(F)F. The number of aliphatic hydroxyl groups is 1. The molecule has 0 radical (unpaired) electrons. The van der Waals surface area contributed by atoms with E-state index in [1.54, 1.807) is 16.9 Å². The summed E-state index contributed by atoms with van der Waals surface area (Å²) in [7, 11) is 0. The minimum absolute atomic E-state index is 0.119. The molecule has 1 heterocycles. The summed E-state index contributed by atoms with van der Waals surface area (Å²) in [4.78, 5) is 8.23. The van der Waals surface area contributed by atoms with Gasteiger partial charge in [-0.1, -0.05) is 39.0 Å². The lowest BCUT2D eigenvalue weighted by Gasteiger charge is -2.38. The van der Waals surface area contributed by atoms with Crippen LogP contribution in [-0.4, -0.2) is 95.3 Å². The second-order valence-electron chi connectivity index (χ2n) is 12.1. The number of unbranched alkanes of at least 4 members (excludes halogenated alkanes) is 5. The molecule has 0 fully saturated rings. The van der Waals surface area contributed by atoms with E-state index >= 15 is 0 Å². The number of benzene rings is 1. The number of aliphatic hydroxyl groups excluding tert-OH is 1. The number of rotatable bonds is 24. The smallest absolute Gasteiger partial charge is 0.460 e. The summed E-state index contributed by atoms with van der Waals surface area (Å²) < 4.78 is 266. The predicted molar refractivity (Wildman–Crippen MR) is 155 cm³/mol. The van der Waals surface area contributed by atoms with Gasteiger partial charge in [0, 0.05) is 18.0 Å². The molecule has 2 aromatic rings. The molecule has 26 heteroatoms. The predicted octanol–water partition coefficient (Wildman–Crippen LogP) is 10.3. The zero-order valence-corrected chi connectivity index (χ0v) is 28.8. The van der Waals surface area contributed by atoms with Crippen LogP contribution in [0.4, 0.5) is 83.4 Å². The minimum Gasteiger partial charge on any atom is -0.491 e. The summed E-state index contributed by atoms with van der Waals surface area (Å²) in [6.45, 7) is -3.23. The van der Waals surface area contributed by atoms with Crippen LogP contribution in [0.3, 0.4) is 0 Å². The largest absolute Gasteiger partial charge is 0.491 e. The topological polar surface area (TPSA) is 82.9 Å². The molecule has 0 aliphatic rings. The zero-order chi connectivity index (χ0) is 43.9. The lowest BCUT2D eigenvalue weighted by atomic mass is 10.0. The highest BCUT2D eigenvalue weighted by Gasteiger charge is 2.86. The maximum atomic E-state index is 14.2. The van der Waals surface area contributed by atoms with Crippen molar-refractivity contribution in [2.24, 2.45) is 0 Å².